The molecule has 1 N–H and O–H groups in total. The molecule has 1 aromatic carbocycles. The molecular formula is C20H18FN3O2S. The van der Waals surface area contributed by atoms with Crippen LogP contribution in [0.2, 0.25) is 0 Å². The number of carbonyl (C=O) groups excluding carboxylic acids is 1. The lowest BCUT2D eigenvalue weighted by atomic mass is 9.99. The molecule has 7 heteroatoms. The standard InChI is InChI=1S/C20H18FN3O2S/c21-15-4-5-16-17(12-22-18(16)11-15)14-6-9-23(10-7-14)19(25)13-27-20-3-1-2-8-24(20)26/h1-6,8,11-12,22H,7,9-10,13H2. The molecule has 1 aliphatic rings. The van der Waals surface area contributed by atoms with Gasteiger partial charge < -0.3 is 15.1 Å². The van der Waals surface area contributed by atoms with E-state index in [2.05, 4.69) is 4.98 Å². The number of nitrogens with zero attached hydrogens (tertiary/aromatic N) is 2. The molecule has 0 fully saturated rings. The molecule has 4 rings (SSSR count). The third-order valence-electron chi connectivity index (χ3n) is 4.68. The number of hydrogen-bond donors (Lipinski definition) is 1. The molecule has 138 valence electrons. The lowest BCUT2D eigenvalue weighted by Crippen LogP contribution is -2.36. The minimum atomic E-state index is -0.263. The number of carbonyl (C=O) groups is 1. The van der Waals surface area contributed by atoms with Crippen LogP contribution in [0.1, 0.15) is 12.0 Å². The predicted octanol–water partition coefficient (Wildman–Crippen LogP) is 3.35. The Morgan fingerprint density at radius 3 is 3.00 bits per heavy atom. The SMILES string of the molecule is O=C(CSc1cccc[n+]1[O-])N1CC=C(c2c[nH]c3cc(F)ccc23)CC1. The zero-order chi connectivity index (χ0) is 18.8. The number of amides is 1. The van der Waals surface area contributed by atoms with Crippen molar-refractivity contribution in [1.29, 1.82) is 0 Å². The number of pyridine rings is 1. The van der Waals surface area contributed by atoms with Crippen LogP contribution in [0.25, 0.3) is 16.5 Å². The Morgan fingerprint density at radius 1 is 1.33 bits per heavy atom. The van der Waals surface area contributed by atoms with E-state index in [0.717, 1.165) is 33.2 Å². The molecule has 0 bridgehead atoms. The second-order valence-corrected chi connectivity index (χ2v) is 7.36. The van der Waals surface area contributed by atoms with Crippen molar-refractivity contribution in [3.8, 4) is 0 Å². The van der Waals surface area contributed by atoms with E-state index in [9.17, 15) is 14.4 Å². The number of aromatic nitrogens is 2. The molecule has 1 amide bonds. The van der Waals surface area contributed by atoms with Gasteiger partial charge in [0.25, 0.3) is 5.03 Å². The van der Waals surface area contributed by atoms with Gasteiger partial charge in [0.05, 0.1) is 5.75 Å². The van der Waals surface area contributed by atoms with E-state index >= 15 is 0 Å². The summed E-state index contributed by atoms with van der Waals surface area (Å²) in [6, 6.07) is 9.88. The first-order chi connectivity index (χ1) is 13.1. The topological polar surface area (TPSA) is 63.0 Å². The number of fused-ring (bicyclic) bond motifs is 1. The summed E-state index contributed by atoms with van der Waals surface area (Å²) >= 11 is 1.25. The second-order valence-electron chi connectivity index (χ2n) is 6.36. The lowest BCUT2D eigenvalue weighted by molar-refractivity contribution is -0.645. The molecule has 0 unspecified atom stereocenters. The zero-order valence-corrected chi connectivity index (χ0v) is 15.3. The van der Waals surface area contributed by atoms with Crippen molar-refractivity contribution in [1.82, 2.24) is 9.88 Å². The van der Waals surface area contributed by atoms with Crippen LogP contribution in [0.5, 0.6) is 0 Å². The molecule has 3 heterocycles. The van der Waals surface area contributed by atoms with Crippen LogP contribution < -0.4 is 4.73 Å². The Morgan fingerprint density at radius 2 is 2.22 bits per heavy atom. The number of halogens is 1. The zero-order valence-electron chi connectivity index (χ0n) is 14.5. The van der Waals surface area contributed by atoms with E-state index in [4.69, 9.17) is 0 Å². The summed E-state index contributed by atoms with van der Waals surface area (Å²) in [6.45, 7) is 1.17. The number of hydrogen-bond acceptors (Lipinski definition) is 3. The number of aromatic amines is 1. The van der Waals surface area contributed by atoms with E-state index in [-0.39, 0.29) is 17.5 Å². The molecule has 0 spiro atoms. The van der Waals surface area contributed by atoms with Crippen LogP contribution in [0, 0.1) is 11.0 Å². The minimum absolute atomic E-state index is 0.0140. The maximum Gasteiger partial charge on any atom is 0.251 e. The van der Waals surface area contributed by atoms with Crippen molar-refractivity contribution in [2.45, 2.75) is 11.4 Å². The average Bonchev–Trinajstić information content (AvgIpc) is 3.10. The molecule has 27 heavy (non-hydrogen) atoms. The highest BCUT2D eigenvalue weighted by atomic mass is 32.2. The molecule has 2 aromatic heterocycles. The van der Waals surface area contributed by atoms with Crippen molar-refractivity contribution in [2.75, 3.05) is 18.8 Å². The fraction of sp³-hybridized carbons (Fsp3) is 0.200. The van der Waals surface area contributed by atoms with Gasteiger partial charge in [-0.25, -0.2) is 4.39 Å². The van der Waals surface area contributed by atoms with Gasteiger partial charge in [0.15, 0.2) is 6.20 Å². The quantitative estimate of drug-likeness (QED) is 0.427. The molecule has 1 aliphatic heterocycles. The second kappa shape index (κ2) is 7.44. The van der Waals surface area contributed by atoms with Crippen LogP contribution in [0.4, 0.5) is 4.39 Å². The maximum absolute atomic E-state index is 13.3. The number of H-pyrrole nitrogens is 1. The Hall–Kier alpha value is -2.80. The monoisotopic (exact) mass is 383 g/mol. The molecule has 3 aromatic rings. The van der Waals surface area contributed by atoms with E-state index in [0.29, 0.717) is 18.1 Å². The Kier molecular flexibility index (Phi) is 4.85. The maximum atomic E-state index is 13.3. The number of benzene rings is 1. The van der Waals surface area contributed by atoms with Crippen molar-refractivity contribution >= 4 is 34.1 Å². The van der Waals surface area contributed by atoms with Gasteiger partial charge in [-0.2, -0.15) is 4.73 Å². The van der Waals surface area contributed by atoms with Gasteiger partial charge >= 0.3 is 0 Å². The Labute approximate surface area is 160 Å². The van der Waals surface area contributed by atoms with Crippen molar-refractivity contribution < 1.29 is 13.9 Å². The minimum Gasteiger partial charge on any atom is -0.618 e. The first-order valence-electron chi connectivity index (χ1n) is 8.66. The molecule has 0 radical (unpaired) electrons. The fourth-order valence-electron chi connectivity index (χ4n) is 3.26. The number of rotatable bonds is 4. The summed E-state index contributed by atoms with van der Waals surface area (Å²) in [7, 11) is 0. The first-order valence-corrected chi connectivity index (χ1v) is 9.65. The third-order valence-corrected chi connectivity index (χ3v) is 5.69. The first kappa shape index (κ1) is 17.6. The van der Waals surface area contributed by atoms with Crippen LogP contribution in [-0.4, -0.2) is 34.6 Å². The number of nitrogens with one attached hydrogen (secondary N) is 1. The molecule has 0 atom stereocenters. The Balaban J connectivity index is 1.42. The molecule has 0 aliphatic carbocycles. The number of thioether (sulfide) groups is 1. The lowest BCUT2D eigenvalue weighted by Gasteiger charge is -2.26. The van der Waals surface area contributed by atoms with E-state index in [1.165, 1.54) is 30.1 Å². The van der Waals surface area contributed by atoms with Crippen LogP contribution in [0.3, 0.4) is 0 Å². The fourth-order valence-corrected chi connectivity index (χ4v) is 4.07. The average molecular weight is 383 g/mol. The summed E-state index contributed by atoms with van der Waals surface area (Å²) < 4.78 is 14.1. The normalized spacial score (nSPS) is 14.4. The van der Waals surface area contributed by atoms with Gasteiger partial charge in [0.2, 0.25) is 5.91 Å². The molecular weight excluding hydrogens is 365 g/mol. The highest BCUT2D eigenvalue weighted by Crippen LogP contribution is 2.29. The van der Waals surface area contributed by atoms with Gasteiger partial charge in [0, 0.05) is 47.9 Å². The molecule has 0 saturated carbocycles. The summed E-state index contributed by atoms with van der Waals surface area (Å²) in [5.74, 6) is -0.0114. The van der Waals surface area contributed by atoms with E-state index in [1.807, 2.05) is 12.3 Å². The third kappa shape index (κ3) is 3.68. The highest BCUT2D eigenvalue weighted by Gasteiger charge is 2.20. The van der Waals surface area contributed by atoms with Crippen LogP contribution in [-0.2, 0) is 4.79 Å². The van der Waals surface area contributed by atoms with Gasteiger partial charge in [-0.1, -0.05) is 6.08 Å². The molecule has 0 saturated heterocycles. The van der Waals surface area contributed by atoms with Crippen molar-refractivity contribution in [3.63, 3.8) is 0 Å². The van der Waals surface area contributed by atoms with E-state index < -0.39 is 0 Å². The predicted molar refractivity (Wildman–Crippen MR) is 104 cm³/mol. The van der Waals surface area contributed by atoms with Gasteiger partial charge in [-0.3, -0.25) is 4.79 Å². The van der Waals surface area contributed by atoms with Gasteiger partial charge in [-0.15, -0.1) is 0 Å². The van der Waals surface area contributed by atoms with Gasteiger partial charge in [-0.05, 0) is 48.0 Å². The summed E-state index contributed by atoms with van der Waals surface area (Å²) in [5, 5.41) is 13.2. The largest absolute Gasteiger partial charge is 0.618 e. The van der Waals surface area contributed by atoms with Crippen LogP contribution in [0.15, 0.2) is 59.9 Å². The highest BCUT2D eigenvalue weighted by molar-refractivity contribution is 7.99. The van der Waals surface area contributed by atoms with Crippen LogP contribution >= 0.6 is 11.8 Å². The van der Waals surface area contributed by atoms with Crippen molar-refractivity contribution in [3.05, 3.63) is 71.5 Å². The molecule has 5 nitrogen and oxygen atoms in total. The van der Waals surface area contributed by atoms with E-state index in [1.54, 1.807) is 29.2 Å². The van der Waals surface area contributed by atoms with Gasteiger partial charge in [0.1, 0.15) is 5.82 Å². The summed E-state index contributed by atoms with van der Waals surface area (Å²) in [4.78, 5) is 17.3. The summed E-state index contributed by atoms with van der Waals surface area (Å²) in [6.07, 6.45) is 6.11. The Bertz CT molecular complexity index is 1030. The summed E-state index contributed by atoms with van der Waals surface area (Å²) in [5.41, 5.74) is 2.99. The van der Waals surface area contributed by atoms with Crippen molar-refractivity contribution in [2.24, 2.45) is 0 Å². The smallest absolute Gasteiger partial charge is 0.251 e.